The van der Waals surface area contributed by atoms with E-state index in [1.807, 2.05) is 9.80 Å². The summed E-state index contributed by atoms with van der Waals surface area (Å²) in [6, 6.07) is 0.296. The summed E-state index contributed by atoms with van der Waals surface area (Å²) in [6.45, 7) is 10.4. The van der Waals surface area contributed by atoms with Gasteiger partial charge in [-0.3, -0.25) is 14.5 Å². The summed E-state index contributed by atoms with van der Waals surface area (Å²) in [5.74, 6) is 0.148. The molecule has 3 fully saturated rings. The highest BCUT2D eigenvalue weighted by Crippen LogP contribution is 2.22. The standard InChI is InChI=1S/C18H32N4O3/c1-2-5-22(16-3-4-19-13-16)18(24)15-12-17(23)21(14-15)7-6-20-8-10-25-11-9-20/h15-16,19H,2-14H2,1H3. The van der Waals surface area contributed by atoms with Crippen molar-refractivity contribution in [1.82, 2.24) is 20.0 Å². The van der Waals surface area contributed by atoms with Crippen LogP contribution in [0.1, 0.15) is 26.2 Å². The molecule has 2 unspecified atom stereocenters. The van der Waals surface area contributed by atoms with Crippen molar-refractivity contribution >= 4 is 11.8 Å². The fraction of sp³-hybridized carbons (Fsp3) is 0.889. The topological polar surface area (TPSA) is 65.1 Å². The summed E-state index contributed by atoms with van der Waals surface area (Å²) in [6.07, 6.45) is 2.36. The molecular weight excluding hydrogens is 320 g/mol. The van der Waals surface area contributed by atoms with Gasteiger partial charge in [-0.25, -0.2) is 0 Å². The largest absolute Gasteiger partial charge is 0.379 e. The maximum absolute atomic E-state index is 13.0. The Hall–Kier alpha value is -1.18. The zero-order valence-corrected chi connectivity index (χ0v) is 15.4. The number of rotatable bonds is 7. The van der Waals surface area contributed by atoms with Gasteiger partial charge in [-0.05, 0) is 19.4 Å². The predicted molar refractivity (Wildman–Crippen MR) is 95.2 cm³/mol. The number of hydrogen-bond donors (Lipinski definition) is 1. The van der Waals surface area contributed by atoms with Crippen molar-refractivity contribution in [3.63, 3.8) is 0 Å². The lowest BCUT2D eigenvalue weighted by atomic mass is 10.0. The van der Waals surface area contributed by atoms with E-state index in [1.165, 1.54) is 0 Å². The lowest BCUT2D eigenvalue weighted by Crippen LogP contribution is -2.46. The smallest absolute Gasteiger partial charge is 0.228 e. The van der Waals surface area contributed by atoms with Crippen LogP contribution < -0.4 is 5.32 Å². The van der Waals surface area contributed by atoms with E-state index in [9.17, 15) is 9.59 Å². The van der Waals surface area contributed by atoms with Crippen LogP contribution in [0, 0.1) is 5.92 Å². The molecule has 0 spiro atoms. The number of carbonyl (C=O) groups is 2. The average Bonchev–Trinajstić information content (AvgIpc) is 3.28. The summed E-state index contributed by atoms with van der Waals surface area (Å²) in [5.41, 5.74) is 0. The van der Waals surface area contributed by atoms with Gasteiger partial charge in [0.15, 0.2) is 0 Å². The molecule has 142 valence electrons. The Kier molecular flexibility index (Phi) is 6.67. The Labute approximate surface area is 150 Å². The lowest BCUT2D eigenvalue weighted by molar-refractivity contribution is -0.137. The van der Waals surface area contributed by atoms with Gasteiger partial charge in [-0.2, -0.15) is 0 Å². The van der Waals surface area contributed by atoms with Gasteiger partial charge < -0.3 is 19.9 Å². The van der Waals surface area contributed by atoms with Crippen LogP contribution in [0.5, 0.6) is 0 Å². The normalized spacial score (nSPS) is 27.9. The summed E-state index contributed by atoms with van der Waals surface area (Å²) in [7, 11) is 0. The molecule has 0 bridgehead atoms. The molecule has 0 aromatic heterocycles. The first kappa shape index (κ1) is 18.6. The van der Waals surface area contributed by atoms with Gasteiger partial charge in [-0.1, -0.05) is 6.92 Å². The van der Waals surface area contributed by atoms with Crippen molar-refractivity contribution in [3.05, 3.63) is 0 Å². The molecule has 3 aliphatic rings. The van der Waals surface area contributed by atoms with E-state index in [-0.39, 0.29) is 17.7 Å². The Morgan fingerprint density at radius 2 is 2.12 bits per heavy atom. The number of morpholine rings is 1. The molecule has 3 saturated heterocycles. The van der Waals surface area contributed by atoms with Gasteiger partial charge in [-0.15, -0.1) is 0 Å². The minimum absolute atomic E-state index is 0.132. The van der Waals surface area contributed by atoms with E-state index in [2.05, 4.69) is 17.1 Å². The molecule has 2 amide bonds. The number of nitrogens with one attached hydrogen (secondary N) is 1. The van der Waals surface area contributed by atoms with Gasteiger partial charge in [0.05, 0.1) is 19.1 Å². The number of hydrogen-bond acceptors (Lipinski definition) is 5. The third kappa shape index (κ3) is 4.71. The zero-order valence-electron chi connectivity index (χ0n) is 15.4. The molecular formula is C18H32N4O3. The molecule has 3 rings (SSSR count). The van der Waals surface area contributed by atoms with E-state index in [0.717, 1.165) is 71.9 Å². The Balaban J connectivity index is 1.51. The van der Waals surface area contributed by atoms with Crippen LogP contribution in [0.3, 0.4) is 0 Å². The fourth-order valence-electron chi connectivity index (χ4n) is 4.09. The number of amides is 2. The summed E-state index contributed by atoms with van der Waals surface area (Å²) in [4.78, 5) is 31.6. The van der Waals surface area contributed by atoms with E-state index >= 15 is 0 Å². The van der Waals surface area contributed by atoms with E-state index in [4.69, 9.17) is 4.74 Å². The second-order valence-electron chi connectivity index (χ2n) is 7.37. The van der Waals surface area contributed by atoms with Gasteiger partial charge in [0.2, 0.25) is 11.8 Å². The van der Waals surface area contributed by atoms with Crippen LogP contribution in [-0.4, -0.2) is 98.1 Å². The first-order valence-corrected chi connectivity index (χ1v) is 9.78. The molecule has 0 aromatic rings. The van der Waals surface area contributed by atoms with Crippen LogP contribution in [-0.2, 0) is 14.3 Å². The highest BCUT2D eigenvalue weighted by molar-refractivity contribution is 5.89. The van der Waals surface area contributed by atoms with E-state index in [0.29, 0.717) is 19.0 Å². The molecule has 25 heavy (non-hydrogen) atoms. The molecule has 2 atom stereocenters. The molecule has 1 N–H and O–H groups in total. The summed E-state index contributed by atoms with van der Waals surface area (Å²) < 4.78 is 5.36. The Bertz CT molecular complexity index is 461. The minimum Gasteiger partial charge on any atom is -0.379 e. The van der Waals surface area contributed by atoms with Crippen molar-refractivity contribution in [1.29, 1.82) is 0 Å². The van der Waals surface area contributed by atoms with Crippen LogP contribution in [0.15, 0.2) is 0 Å². The zero-order chi connectivity index (χ0) is 17.6. The molecule has 3 heterocycles. The van der Waals surface area contributed by atoms with Crippen LogP contribution in [0.4, 0.5) is 0 Å². The van der Waals surface area contributed by atoms with Crippen molar-refractivity contribution in [3.8, 4) is 0 Å². The van der Waals surface area contributed by atoms with Gasteiger partial charge in [0.1, 0.15) is 0 Å². The number of likely N-dealkylation sites (tertiary alicyclic amines) is 1. The number of nitrogens with zero attached hydrogens (tertiary/aromatic N) is 3. The molecule has 0 saturated carbocycles. The van der Waals surface area contributed by atoms with Crippen molar-refractivity contribution in [2.45, 2.75) is 32.2 Å². The van der Waals surface area contributed by atoms with Crippen LogP contribution in [0.2, 0.25) is 0 Å². The quantitative estimate of drug-likeness (QED) is 0.686. The molecule has 0 aromatic carbocycles. The Morgan fingerprint density at radius 1 is 1.32 bits per heavy atom. The average molecular weight is 352 g/mol. The SMILES string of the molecule is CCCN(C(=O)C1CC(=O)N(CCN2CCOCC2)C1)C1CCNC1. The maximum Gasteiger partial charge on any atom is 0.228 e. The third-order valence-electron chi connectivity index (χ3n) is 5.58. The first-order chi connectivity index (χ1) is 12.2. The van der Waals surface area contributed by atoms with E-state index < -0.39 is 0 Å². The van der Waals surface area contributed by atoms with Crippen LogP contribution in [0.25, 0.3) is 0 Å². The predicted octanol–water partition coefficient (Wildman–Crippen LogP) is -0.232. The summed E-state index contributed by atoms with van der Waals surface area (Å²) >= 11 is 0. The van der Waals surface area contributed by atoms with Gasteiger partial charge in [0.25, 0.3) is 0 Å². The van der Waals surface area contributed by atoms with Gasteiger partial charge >= 0.3 is 0 Å². The molecule has 7 nitrogen and oxygen atoms in total. The van der Waals surface area contributed by atoms with Crippen LogP contribution >= 0.6 is 0 Å². The fourth-order valence-corrected chi connectivity index (χ4v) is 4.09. The third-order valence-corrected chi connectivity index (χ3v) is 5.58. The highest BCUT2D eigenvalue weighted by atomic mass is 16.5. The summed E-state index contributed by atoms with van der Waals surface area (Å²) in [5, 5.41) is 3.34. The number of carbonyl (C=O) groups excluding carboxylic acids is 2. The molecule has 0 radical (unpaired) electrons. The van der Waals surface area contributed by atoms with Crippen molar-refractivity contribution in [2.24, 2.45) is 5.92 Å². The first-order valence-electron chi connectivity index (χ1n) is 9.78. The van der Waals surface area contributed by atoms with Crippen molar-refractivity contribution < 1.29 is 14.3 Å². The van der Waals surface area contributed by atoms with Crippen molar-refractivity contribution in [2.75, 3.05) is 65.6 Å². The monoisotopic (exact) mass is 352 g/mol. The van der Waals surface area contributed by atoms with Gasteiger partial charge in [0, 0.05) is 58.3 Å². The Morgan fingerprint density at radius 3 is 2.80 bits per heavy atom. The minimum atomic E-state index is -0.163. The lowest BCUT2D eigenvalue weighted by Gasteiger charge is -2.31. The second-order valence-corrected chi connectivity index (χ2v) is 7.37. The highest BCUT2D eigenvalue weighted by Gasteiger charge is 2.38. The van der Waals surface area contributed by atoms with E-state index in [1.54, 1.807) is 0 Å². The number of ether oxygens (including phenoxy) is 1. The second kappa shape index (κ2) is 8.96. The molecule has 0 aliphatic carbocycles. The molecule has 3 aliphatic heterocycles. The molecule has 7 heteroatoms. The maximum atomic E-state index is 13.0.